The lowest BCUT2D eigenvalue weighted by atomic mass is 10.00. The second kappa shape index (κ2) is 5.19. The molecule has 0 saturated heterocycles. The monoisotopic (exact) mass is 297 g/mol. The first-order valence-corrected chi connectivity index (χ1v) is 6.21. The predicted molar refractivity (Wildman–Crippen MR) is 75.4 cm³/mol. The maximum Gasteiger partial charge on any atom is 0.197 e. The minimum absolute atomic E-state index is 0.0956. The molecule has 0 saturated carbocycles. The molecule has 0 atom stereocenters. The van der Waals surface area contributed by atoms with Gasteiger partial charge in [-0.3, -0.25) is 4.79 Å². The topological polar surface area (TPSA) is 43.1 Å². The number of nitrogen functional groups attached to an aromatic ring is 1. The molecule has 2 nitrogen and oxygen atoms in total. The lowest BCUT2D eigenvalue weighted by molar-refractivity contribution is 0.103. The number of aryl methyl sites for hydroxylation is 1. The van der Waals surface area contributed by atoms with E-state index in [0.29, 0.717) is 16.3 Å². The average Bonchev–Trinajstić information content (AvgIpc) is 2.33. The van der Waals surface area contributed by atoms with E-state index in [9.17, 15) is 9.18 Å². The molecule has 0 spiro atoms. The van der Waals surface area contributed by atoms with Crippen LogP contribution in [0.5, 0.6) is 0 Å². The molecule has 0 aliphatic rings. The van der Waals surface area contributed by atoms with Gasteiger partial charge in [0.2, 0.25) is 0 Å². The van der Waals surface area contributed by atoms with E-state index in [2.05, 4.69) is 0 Å². The van der Waals surface area contributed by atoms with Gasteiger partial charge in [0.15, 0.2) is 5.78 Å². The van der Waals surface area contributed by atoms with Crippen LogP contribution in [0.25, 0.3) is 0 Å². The van der Waals surface area contributed by atoms with Crippen molar-refractivity contribution in [2.24, 2.45) is 0 Å². The van der Waals surface area contributed by atoms with Crippen LogP contribution in [0.2, 0.25) is 10.0 Å². The number of nitrogens with two attached hydrogens (primary N) is 1. The van der Waals surface area contributed by atoms with Gasteiger partial charge < -0.3 is 5.73 Å². The van der Waals surface area contributed by atoms with Gasteiger partial charge in [-0.2, -0.15) is 0 Å². The Balaban J connectivity index is 2.56. The minimum atomic E-state index is -0.592. The fourth-order valence-corrected chi connectivity index (χ4v) is 2.28. The van der Waals surface area contributed by atoms with Gasteiger partial charge in [-0.25, -0.2) is 4.39 Å². The molecular weight excluding hydrogens is 288 g/mol. The zero-order valence-corrected chi connectivity index (χ0v) is 11.5. The van der Waals surface area contributed by atoms with Crippen molar-refractivity contribution >= 4 is 34.7 Å². The van der Waals surface area contributed by atoms with Crippen LogP contribution in [0.4, 0.5) is 10.1 Å². The fourth-order valence-electron chi connectivity index (χ4n) is 1.78. The van der Waals surface area contributed by atoms with Gasteiger partial charge in [0.05, 0.1) is 10.6 Å². The molecule has 0 radical (unpaired) electrons. The first-order valence-electron chi connectivity index (χ1n) is 5.45. The summed E-state index contributed by atoms with van der Waals surface area (Å²) in [5.74, 6) is -1.11. The van der Waals surface area contributed by atoms with E-state index in [0.717, 1.165) is 0 Å². The maximum absolute atomic E-state index is 14.0. The molecule has 19 heavy (non-hydrogen) atoms. The summed E-state index contributed by atoms with van der Waals surface area (Å²) >= 11 is 11.7. The van der Waals surface area contributed by atoms with Gasteiger partial charge in [-0.1, -0.05) is 23.2 Å². The molecule has 98 valence electrons. The van der Waals surface area contributed by atoms with Crippen LogP contribution in [-0.2, 0) is 0 Å². The highest BCUT2D eigenvalue weighted by Crippen LogP contribution is 2.26. The standard InChI is InChI=1S/C14H10Cl2FNO/c1-7-4-9(18)6-11(13(7)17)14(19)10-3-2-8(15)5-12(10)16/h2-6H,18H2,1H3. The Labute approximate surface area is 119 Å². The molecule has 0 amide bonds. The number of carbonyl (C=O) groups excluding carboxylic acids is 1. The zero-order valence-electron chi connectivity index (χ0n) is 10.0. The first-order chi connectivity index (χ1) is 8.90. The Morgan fingerprint density at radius 3 is 2.47 bits per heavy atom. The van der Waals surface area contributed by atoms with E-state index in [4.69, 9.17) is 28.9 Å². The molecule has 0 aliphatic carbocycles. The molecule has 0 fully saturated rings. The van der Waals surface area contributed by atoms with Crippen molar-refractivity contribution in [3.63, 3.8) is 0 Å². The smallest absolute Gasteiger partial charge is 0.197 e. The van der Waals surface area contributed by atoms with Gasteiger partial charge in [-0.15, -0.1) is 0 Å². The predicted octanol–water partition coefficient (Wildman–Crippen LogP) is 4.25. The molecule has 0 aromatic heterocycles. The van der Waals surface area contributed by atoms with Crippen molar-refractivity contribution in [3.05, 3.63) is 62.9 Å². The summed E-state index contributed by atoms with van der Waals surface area (Å²) in [7, 11) is 0. The third kappa shape index (κ3) is 2.72. The van der Waals surface area contributed by atoms with Gasteiger partial charge in [-0.05, 0) is 42.8 Å². The van der Waals surface area contributed by atoms with Crippen LogP contribution in [-0.4, -0.2) is 5.78 Å². The number of anilines is 1. The third-order valence-corrected chi connectivity index (χ3v) is 3.25. The quantitative estimate of drug-likeness (QED) is 0.665. The largest absolute Gasteiger partial charge is 0.399 e. The van der Waals surface area contributed by atoms with E-state index in [1.54, 1.807) is 6.92 Å². The summed E-state index contributed by atoms with van der Waals surface area (Å²) in [6.45, 7) is 1.55. The van der Waals surface area contributed by atoms with Crippen LogP contribution in [0, 0.1) is 12.7 Å². The Morgan fingerprint density at radius 1 is 1.16 bits per heavy atom. The minimum Gasteiger partial charge on any atom is -0.399 e. The highest BCUT2D eigenvalue weighted by molar-refractivity contribution is 6.37. The van der Waals surface area contributed by atoms with Crippen molar-refractivity contribution in [3.8, 4) is 0 Å². The maximum atomic E-state index is 14.0. The molecular formula is C14H10Cl2FNO. The molecule has 0 unspecified atom stereocenters. The third-order valence-electron chi connectivity index (χ3n) is 2.70. The molecule has 2 N–H and O–H groups in total. The van der Waals surface area contributed by atoms with Crippen LogP contribution in [0.15, 0.2) is 30.3 Å². The summed E-state index contributed by atoms with van der Waals surface area (Å²) in [5.41, 5.74) is 6.37. The number of halogens is 3. The lowest BCUT2D eigenvalue weighted by Crippen LogP contribution is -2.07. The normalized spacial score (nSPS) is 10.5. The summed E-state index contributed by atoms with van der Waals surface area (Å²) in [6.07, 6.45) is 0. The zero-order chi connectivity index (χ0) is 14.2. The molecule has 2 aromatic rings. The van der Waals surface area contributed by atoms with E-state index in [1.807, 2.05) is 0 Å². The van der Waals surface area contributed by atoms with Crippen LogP contribution in [0.3, 0.4) is 0 Å². The van der Waals surface area contributed by atoms with Crippen LogP contribution < -0.4 is 5.73 Å². The van der Waals surface area contributed by atoms with Gasteiger partial charge in [0.25, 0.3) is 0 Å². The SMILES string of the molecule is Cc1cc(N)cc(C(=O)c2ccc(Cl)cc2Cl)c1F. The number of carbonyl (C=O) groups is 1. The summed E-state index contributed by atoms with van der Waals surface area (Å²) in [4.78, 5) is 12.3. The second-order valence-electron chi connectivity index (χ2n) is 4.15. The molecule has 2 aromatic carbocycles. The molecule has 5 heteroatoms. The fraction of sp³-hybridized carbons (Fsp3) is 0.0714. The summed E-state index contributed by atoms with van der Waals surface area (Å²) in [6, 6.07) is 7.20. The Bertz CT molecular complexity index is 671. The number of hydrogen-bond donors (Lipinski definition) is 1. The Kier molecular flexibility index (Phi) is 3.78. The molecule has 0 aliphatic heterocycles. The highest BCUT2D eigenvalue weighted by atomic mass is 35.5. The van der Waals surface area contributed by atoms with E-state index in [1.165, 1.54) is 30.3 Å². The van der Waals surface area contributed by atoms with Gasteiger partial charge in [0, 0.05) is 16.3 Å². The Hall–Kier alpha value is -1.58. The average molecular weight is 298 g/mol. The van der Waals surface area contributed by atoms with E-state index in [-0.39, 0.29) is 16.1 Å². The van der Waals surface area contributed by atoms with Crippen LogP contribution in [0.1, 0.15) is 21.5 Å². The number of rotatable bonds is 2. The summed E-state index contributed by atoms with van der Waals surface area (Å²) < 4.78 is 14.0. The first kappa shape index (κ1) is 13.8. The summed E-state index contributed by atoms with van der Waals surface area (Å²) in [5, 5.41) is 0.586. The van der Waals surface area contributed by atoms with Crippen LogP contribution >= 0.6 is 23.2 Å². The van der Waals surface area contributed by atoms with Gasteiger partial charge >= 0.3 is 0 Å². The van der Waals surface area contributed by atoms with E-state index >= 15 is 0 Å². The lowest BCUT2D eigenvalue weighted by Gasteiger charge is -2.08. The number of ketones is 1. The van der Waals surface area contributed by atoms with Gasteiger partial charge in [0.1, 0.15) is 5.82 Å². The highest BCUT2D eigenvalue weighted by Gasteiger charge is 2.18. The van der Waals surface area contributed by atoms with Crippen molar-refractivity contribution in [2.45, 2.75) is 6.92 Å². The molecule has 2 rings (SSSR count). The molecule has 0 bridgehead atoms. The second-order valence-corrected chi connectivity index (χ2v) is 5.00. The van der Waals surface area contributed by atoms with E-state index < -0.39 is 11.6 Å². The number of benzene rings is 2. The van der Waals surface area contributed by atoms with Crippen molar-refractivity contribution in [1.82, 2.24) is 0 Å². The number of hydrogen-bond acceptors (Lipinski definition) is 2. The van der Waals surface area contributed by atoms with Crippen molar-refractivity contribution in [1.29, 1.82) is 0 Å². The van der Waals surface area contributed by atoms with Crippen molar-refractivity contribution in [2.75, 3.05) is 5.73 Å². The Morgan fingerprint density at radius 2 is 1.84 bits per heavy atom. The molecule has 0 heterocycles. The van der Waals surface area contributed by atoms with Crippen molar-refractivity contribution < 1.29 is 9.18 Å².